The Bertz CT molecular complexity index is 527. The Morgan fingerprint density at radius 3 is 2.53 bits per heavy atom. The van der Waals surface area contributed by atoms with Crippen molar-refractivity contribution in [2.75, 3.05) is 5.73 Å². The molecule has 0 bridgehead atoms. The topological polar surface area (TPSA) is 59.1 Å². The van der Waals surface area contributed by atoms with Gasteiger partial charge in [-0.3, -0.25) is 4.98 Å². The number of hydrogen-bond acceptors (Lipinski definition) is 3. The second-order valence-corrected chi connectivity index (χ2v) is 4.99. The number of nitrogen functional groups attached to an aromatic ring is 1. The molecule has 19 heavy (non-hydrogen) atoms. The molecule has 0 saturated carbocycles. The molecule has 2 rings (SSSR count). The van der Waals surface area contributed by atoms with E-state index < -0.39 is 5.60 Å². The molecular formula is C16H20N2O. The van der Waals surface area contributed by atoms with E-state index in [2.05, 4.69) is 4.98 Å². The second-order valence-electron chi connectivity index (χ2n) is 4.99. The average molecular weight is 256 g/mol. The van der Waals surface area contributed by atoms with Crippen LogP contribution in [0.3, 0.4) is 0 Å². The van der Waals surface area contributed by atoms with E-state index in [0.29, 0.717) is 24.9 Å². The molecular weight excluding hydrogens is 236 g/mol. The van der Waals surface area contributed by atoms with E-state index in [1.54, 1.807) is 18.5 Å². The standard InChI is InChI=1S/C16H20N2O/c1-2-16(19,10-13-6-4-3-5-7-13)11-14-12-18-9-8-15(14)17/h3-9,12,19H,2,10-11H2,1H3,(H2,17,18). The Morgan fingerprint density at radius 2 is 1.89 bits per heavy atom. The molecule has 1 aromatic heterocycles. The molecule has 1 aromatic carbocycles. The quantitative estimate of drug-likeness (QED) is 0.864. The van der Waals surface area contributed by atoms with Crippen LogP contribution in [0.1, 0.15) is 24.5 Å². The van der Waals surface area contributed by atoms with Crippen LogP contribution in [-0.4, -0.2) is 15.7 Å². The molecule has 0 aliphatic heterocycles. The van der Waals surface area contributed by atoms with Crippen LogP contribution >= 0.6 is 0 Å². The fourth-order valence-corrected chi connectivity index (χ4v) is 2.23. The fourth-order valence-electron chi connectivity index (χ4n) is 2.23. The van der Waals surface area contributed by atoms with Gasteiger partial charge >= 0.3 is 0 Å². The van der Waals surface area contributed by atoms with Gasteiger partial charge in [0.15, 0.2) is 0 Å². The summed E-state index contributed by atoms with van der Waals surface area (Å²) in [6.07, 6.45) is 5.23. The lowest BCUT2D eigenvalue weighted by Gasteiger charge is -2.27. The largest absolute Gasteiger partial charge is 0.398 e. The van der Waals surface area contributed by atoms with Gasteiger partial charge in [0.1, 0.15) is 0 Å². The zero-order chi connectivity index (χ0) is 13.7. The normalized spacial score (nSPS) is 14.0. The summed E-state index contributed by atoms with van der Waals surface area (Å²) in [6.45, 7) is 2.00. The van der Waals surface area contributed by atoms with Crippen LogP contribution in [0, 0.1) is 0 Å². The lowest BCUT2D eigenvalue weighted by Crippen LogP contribution is -2.33. The Labute approximate surface area is 114 Å². The molecule has 0 saturated heterocycles. The number of nitrogens with zero attached hydrogens (tertiary/aromatic N) is 1. The average Bonchev–Trinajstić information content (AvgIpc) is 2.42. The summed E-state index contributed by atoms with van der Waals surface area (Å²) in [5.74, 6) is 0. The maximum atomic E-state index is 10.8. The number of anilines is 1. The highest BCUT2D eigenvalue weighted by Crippen LogP contribution is 2.24. The Kier molecular flexibility index (Phi) is 4.17. The minimum atomic E-state index is -0.779. The number of nitrogens with two attached hydrogens (primary N) is 1. The van der Waals surface area contributed by atoms with Crippen molar-refractivity contribution in [3.8, 4) is 0 Å². The molecule has 1 unspecified atom stereocenters. The number of aromatic nitrogens is 1. The van der Waals surface area contributed by atoms with Gasteiger partial charge < -0.3 is 10.8 Å². The van der Waals surface area contributed by atoms with E-state index >= 15 is 0 Å². The molecule has 1 heterocycles. The molecule has 2 aromatic rings. The molecule has 100 valence electrons. The van der Waals surface area contributed by atoms with Crippen LogP contribution in [0.5, 0.6) is 0 Å². The van der Waals surface area contributed by atoms with Crippen molar-refractivity contribution in [3.63, 3.8) is 0 Å². The molecule has 3 N–H and O–H groups in total. The van der Waals surface area contributed by atoms with Gasteiger partial charge in [-0.05, 0) is 23.6 Å². The summed E-state index contributed by atoms with van der Waals surface area (Å²) in [5, 5.41) is 10.8. The van der Waals surface area contributed by atoms with E-state index in [9.17, 15) is 5.11 Å². The molecule has 3 heteroatoms. The number of hydrogen-bond donors (Lipinski definition) is 2. The van der Waals surface area contributed by atoms with Crippen molar-refractivity contribution in [3.05, 3.63) is 59.9 Å². The van der Waals surface area contributed by atoms with Crippen LogP contribution in [0.25, 0.3) is 0 Å². The van der Waals surface area contributed by atoms with Crippen LogP contribution in [0.4, 0.5) is 5.69 Å². The summed E-state index contributed by atoms with van der Waals surface area (Å²) < 4.78 is 0. The maximum absolute atomic E-state index is 10.8. The minimum absolute atomic E-state index is 0.526. The number of benzene rings is 1. The number of aliphatic hydroxyl groups is 1. The summed E-state index contributed by atoms with van der Waals surface area (Å²) >= 11 is 0. The molecule has 0 aliphatic carbocycles. The lowest BCUT2D eigenvalue weighted by atomic mass is 9.86. The molecule has 0 amide bonds. The van der Waals surface area contributed by atoms with E-state index in [-0.39, 0.29) is 0 Å². The number of pyridine rings is 1. The third-order valence-corrected chi connectivity index (χ3v) is 3.49. The van der Waals surface area contributed by atoms with Gasteiger partial charge in [0.2, 0.25) is 0 Å². The van der Waals surface area contributed by atoms with E-state index in [0.717, 1.165) is 11.1 Å². The number of rotatable bonds is 5. The SMILES string of the molecule is CCC(O)(Cc1ccccc1)Cc1cnccc1N. The zero-order valence-electron chi connectivity index (χ0n) is 11.2. The molecule has 1 atom stereocenters. The van der Waals surface area contributed by atoms with E-state index in [1.165, 1.54) is 0 Å². The van der Waals surface area contributed by atoms with Crippen molar-refractivity contribution >= 4 is 5.69 Å². The lowest BCUT2D eigenvalue weighted by molar-refractivity contribution is 0.0369. The van der Waals surface area contributed by atoms with Gasteiger partial charge in [-0.15, -0.1) is 0 Å². The van der Waals surface area contributed by atoms with Crippen molar-refractivity contribution in [1.82, 2.24) is 4.98 Å². The van der Waals surface area contributed by atoms with E-state index in [1.807, 2.05) is 37.3 Å². The van der Waals surface area contributed by atoms with Crippen LogP contribution < -0.4 is 5.73 Å². The monoisotopic (exact) mass is 256 g/mol. The predicted octanol–water partition coefficient (Wildman–Crippen LogP) is 2.59. The molecule has 3 nitrogen and oxygen atoms in total. The first-order valence-electron chi connectivity index (χ1n) is 6.57. The maximum Gasteiger partial charge on any atom is 0.0726 e. The highest BCUT2D eigenvalue weighted by molar-refractivity contribution is 5.45. The molecule has 0 fully saturated rings. The van der Waals surface area contributed by atoms with Gasteiger partial charge in [0.25, 0.3) is 0 Å². The van der Waals surface area contributed by atoms with Gasteiger partial charge in [-0.2, -0.15) is 0 Å². The Balaban J connectivity index is 2.17. The van der Waals surface area contributed by atoms with Crippen molar-refractivity contribution in [2.45, 2.75) is 31.8 Å². The fraction of sp³-hybridized carbons (Fsp3) is 0.312. The van der Waals surface area contributed by atoms with E-state index in [4.69, 9.17) is 5.73 Å². The first-order valence-corrected chi connectivity index (χ1v) is 6.57. The summed E-state index contributed by atoms with van der Waals surface area (Å²) in [7, 11) is 0. The third-order valence-electron chi connectivity index (χ3n) is 3.49. The second kappa shape index (κ2) is 5.85. The van der Waals surface area contributed by atoms with Crippen LogP contribution in [0.15, 0.2) is 48.8 Å². The summed E-state index contributed by atoms with van der Waals surface area (Å²) in [6, 6.07) is 11.8. The van der Waals surface area contributed by atoms with Crippen LogP contribution in [-0.2, 0) is 12.8 Å². The smallest absolute Gasteiger partial charge is 0.0726 e. The predicted molar refractivity (Wildman–Crippen MR) is 77.7 cm³/mol. The first kappa shape index (κ1) is 13.6. The zero-order valence-corrected chi connectivity index (χ0v) is 11.2. The van der Waals surface area contributed by atoms with Gasteiger partial charge in [-0.25, -0.2) is 0 Å². The highest BCUT2D eigenvalue weighted by atomic mass is 16.3. The highest BCUT2D eigenvalue weighted by Gasteiger charge is 2.26. The van der Waals surface area contributed by atoms with Crippen molar-refractivity contribution in [1.29, 1.82) is 0 Å². The van der Waals surface area contributed by atoms with Gasteiger partial charge in [0.05, 0.1) is 5.60 Å². The first-order chi connectivity index (χ1) is 9.13. The van der Waals surface area contributed by atoms with Gasteiger partial charge in [0, 0.05) is 30.9 Å². The van der Waals surface area contributed by atoms with Gasteiger partial charge in [-0.1, -0.05) is 37.3 Å². The summed E-state index contributed by atoms with van der Waals surface area (Å²) in [4.78, 5) is 4.08. The van der Waals surface area contributed by atoms with Crippen molar-refractivity contribution < 1.29 is 5.11 Å². The van der Waals surface area contributed by atoms with Crippen LogP contribution in [0.2, 0.25) is 0 Å². The molecule has 0 radical (unpaired) electrons. The molecule has 0 spiro atoms. The Morgan fingerprint density at radius 1 is 1.16 bits per heavy atom. The molecule has 0 aliphatic rings. The van der Waals surface area contributed by atoms with Crippen molar-refractivity contribution in [2.24, 2.45) is 0 Å². The summed E-state index contributed by atoms with van der Waals surface area (Å²) in [5.41, 5.74) is 7.87. The third kappa shape index (κ3) is 3.55. The Hall–Kier alpha value is -1.87. The minimum Gasteiger partial charge on any atom is -0.398 e.